The van der Waals surface area contributed by atoms with Crippen LogP contribution in [0.2, 0.25) is 0 Å². The minimum atomic E-state index is 0.0718. The standard InChI is InChI=1S/C18H26N4O/c1-5-19-18(22-15(4)17-9-7-14(3)23-17)20-11-10-16-8-6-13(2)21-12-16/h6-9,12,15H,5,10-11H2,1-4H3,(H2,19,20,22). The average Bonchev–Trinajstić information content (AvgIpc) is 2.96. The maximum absolute atomic E-state index is 5.66. The van der Waals surface area contributed by atoms with Gasteiger partial charge >= 0.3 is 0 Å². The topological polar surface area (TPSA) is 62.5 Å². The first-order chi connectivity index (χ1) is 11.1. The Morgan fingerprint density at radius 2 is 2.09 bits per heavy atom. The molecule has 2 rings (SSSR count). The van der Waals surface area contributed by atoms with Crippen molar-refractivity contribution in [2.75, 3.05) is 13.1 Å². The number of guanidine groups is 1. The fourth-order valence-electron chi connectivity index (χ4n) is 2.23. The molecular formula is C18H26N4O. The Balaban J connectivity index is 1.92. The third kappa shape index (κ3) is 5.43. The normalized spacial score (nSPS) is 13.0. The molecule has 0 aliphatic carbocycles. The summed E-state index contributed by atoms with van der Waals surface area (Å²) in [6, 6.07) is 8.18. The van der Waals surface area contributed by atoms with Crippen molar-refractivity contribution in [2.45, 2.75) is 40.2 Å². The van der Waals surface area contributed by atoms with Crippen LogP contribution in [0.4, 0.5) is 0 Å². The summed E-state index contributed by atoms with van der Waals surface area (Å²) < 4.78 is 5.66. The van der Waals surface area contributed by atoms with Gasteiger partial charge in [-0.1, -0.05) is 6.07 Å². The molecule has 23 heavy (non-hydrogen) atoms. The van der Waals surface area contributed by atoms with Gasteiger partial charge in [0.2, 0.25) is 0 Å². The van der Waals surface area contributed by atoms with Crippen molar-refractivity contribution in [3.63, 3.8) is 0 Å². The molecule has 0 radical (unpaired) electrons. The molecule has 124 valence electrons. The third-order valence-corrected chi connectivity index (χ3v) is 3.53. The first-order valence-corrected chi connectivity index (χ1v) is 8.11. The third-order valence-electron chi connectivity index (χ3n) is 3.53. The Morgan fingerprint density at radius 1 is 1.26 bits per heavy atom. The highest BCUT2D eigenvalue weighted by Crippen LogP contribution is 2.15. The lowest BCUT2D eigenvalue weighted by Gasteiger charge is -2.16. The zero-order valence-corrected chi connectivity index (χ0v) is 14.4. The number of aryl methyl sites for hydroxylation is 2. The second-order valence-electron chi connectivity index (χ2n) is 5.63. The molecule has 0 amide bonds. The summed E-state index contributed by atoms with van der Waals surface area (Å²) in [5.41, 5.74) is 2.24. The molecule has 0 aliphatic rings. The molecule has 2 aromatic rings. The van der Waals surface area contributed by atoms with E-state index in [1.165, 1.54) is 5.56 Å². The van der Waals surface area contributed by atoms with Gasteiger partial charge in [-0.15, -0.1) is 0 Å². The minimum absolute atomic E-state index is 0.0718. The molecule has 0 saturated carbocycles. The van der Waals surface area contributed by atoms with Gasteiger partial charge in [-0.05, 0) is 57.9 Å². The number of pyridine rings is 1. The average molecular weight is 314 g/mol. The van der Waals surface area contributed by atoms with E-state index in [1.807, 2.05) is 38.2 Å². The number of aromatic nitrogens is 1. The second kappa shape index (κ2) is 8.36. The number of nitrogens with zero attached hydrogens (tertiary/aromatic N) is 2. The van der Waals surface area contributed by atoms with Gasteiger partial charge in [0.05, 0.1) is 6.04 Å². The minimum Gasteiger partial charge on any atom is -0.464 e. The largest absolute Gasteiger partial charge is 0.464 e. The molecule has 0 fully saturated rings. The van der Waals surface area contributed by atoms with E-state index in [2.05, 4.69) is 40.5 Å². The van der Waals surface area contributed by atoms with E-state index < -0.39 is 0 Å². The van der Waals surface area contributed by atoms with Gasteiger partial charge < -0.3 is 15.1 Å². The van der Waals surface area contributed by atoms with Crippen LogP contribution in [0.5, 0.6) is 0 Å². The lowest BCUT2D eigenvalue weighted by atomic mass is 10.2. The first kappa shape index (κ1) is 17.1. The van der Waals surface area contributed by atoms with Gasteiger partial charge in [0.1, 0.15) is 11.5 Å². The molecule has 0 spiro atoms. The first-order valence-electron chi connectivity index (χ1n) is 8.11. The SMILES string of the molecule is CCNC(=NCCc1ccc(C)nc1)NC(C)c1ccc(C)o1. The van der Waals surface area contributed by atoms with Crippen LogP contribution in [0.15, 0.2) is 39.9 Å². The predicted octanol–water partition coefficient (Wildman–Crippen LogP) is 3.15. The van der Waals surface area contributed by atoms with Crippen molar-refractivity contribution in [2.24, 2.45) is 4.99 Å². The van der Waals surface area contributed by atoms with Crippen LogP contribution in [0.3, 0.4) is 0 Å². The Labute approximate surface area is 138 Å². The second-order valence-corrected chi connectivity index (χ2v) is 5.63. The zero-order valence-electron chi connectivity index (χ0n) is 14.4. The molecule has 0 saturated heterocycles. The van der Waals surface area contributed by atoms with Crippen LogP contribution in [-0.2, 0) is 6.42 Å². The summed E-state index contributed by atoms with van der Waals surface area (Å²) in [5, 5.41) is 6.64. The summed E-state index contributed by atoms with van der Waals surface area (Å²) in [7, 11) is 0. The molecular weight excluding hydrogens is 288 g/mol. The molecule has 1 unspecified atom stereocenters. The van der Waals surface area contributed by atoms with Crippen LogP contribution in [0, 0.1) is 13.8 Å². The lowest BCUT2D eigenvalue weighted by molar-refractivity contribution is 0.441. The zero-order chi connectivity index (χ0) is 16.7. The molecule has 2 heterocycles. The number of nitrogens with one attached hydrogen (secondary N) is 2. The summed E-state index contributed by atoms with van der Waals surface area (Å²) in [5.74, 6) is 2.63. The van der Waals surface area contributed by atoms with Crippen LogP contribution >= 0.6 is 0 Å². The molecule has 5 nitrogen and oxygen atoms in total. The summed E-state index contributed by atoms with van der Waals surface area (Å²) >= 11 is 0. The Morgan fingerprint density at radius 3 is 2.70 bits per heavy atom. The van der Waals surface area contributed by atoms with Crippen molar-refractivity contribution in [3.05, 3.63) is 53.2 Å². The summed E-state index contributed by atoms with van der Waals surface area (Å²) in [6.45, 7) is 9.60. The number of aliphatic imine (C=N–C) groups is 1. The van der Waals surface area contributed by atoms with Crippen LogP contribution < -0.4 is 10.6 Å². The summed E-state index contributed by atoms with van der Waals surface area (Å²) in [4.78, 5) is 8.94. The van der Waals surface area contributed by atoms with Gasteiger partial charge in [0.25, 0.3) is 0 Å². The Kier molecular flexibility index (Phi) is 6.20. The number of rotatable bonds is 6. The quantitative estimate of drug-likeness (QED) is 0.635. The molecule has 0 aliphatic heterocycles. The monoisotopic (exact) mass is 314 g/mol. The Hall–Kier alpha value is -2.30. The molecule has 2 N–H and O–H groups in total. The van der Waals surface area contributed by atoms with Crippen molar-refractivity contribution < 1.29 is 4.42 Å². The van der Waals surface area contributed by atoms with E-state index in [9.17, 15) is 0 Å². The predicted molar refractivity (Wildman–Crippen MR) is 93.7 cm³/mol. The molecule has 5 heteroatoms. The molecule has 0 aromatic carbocycles. The molecule has 0 bridgehead atoms. The highest BCUT2D eigenvalue weighted by Gasteiger charge is 2.11. The summed E-state index contributed by atoms with van der Waals surface area (Å²) in [6.07, 6.45) is 2.79. The van der Waals surface area contributed by atoms with E-state index >= 15 is 0 Å². The fourth-order valence-corrected chi connectivity index (χ4v) is 2.23. The molecule has 2 aromatic heterocycles. The van der Waals surface area contributed by atoms with E-state index in [1.54, 1.807) is 0 Å². The van der Waals surface area contributed by atoms with Gasteiger partial charge in [0.15, 0.2) is 5.96 Å². The fraction of sp³-hybridized carbons (Fsp3) is 0.444. The van der Waals surface area contributed by atoms with E-state index in [0.29, 0.717) is 6.54 Å². The van der Waals surface area contributed by atoms with E-state index in [0.717, 1.165) is 36.1 Å². The number of hydrogen-bond acceptors (Lipinski definition) is 3. The number of furan rings is 1. The van der Waals surface area contributed by atoms with Crippen LogP contribution in [-0.4, -0.2) is 24.0 Å². The van der Waals surface area contributed by atoms with E-state index in [-0.39, 0.29) is 6.04 Å². The van der Waals surface area contributed by atoms with Crippen molar-refractivity contribution in [1.82, 2.24) is 15.6 Å². The lowest BCUT2D eigenvalue weighted by Crippen LogP contribution is -2.38. The van der Waals surface area contributed by atoms with Gasteiger partial charge in [-0.25, -0.2) is 0 Å². The van der Waals surface area contributed by atoms with E-state index in [4.69, 9.17) is 4.42 Å². The van der Waals surface area contributed by atoms with Gasteiger partial charge in [0, 0.05) is 25.0 Å². The molecule has 1 atom stereocenters. The highest BCUT2D eigenvalue weighted by atomic mass is 16.3. The maximum Gasteiger partial charge on any atom is 0.191 e. The Bertz CT molecular complexity index is 631. The van der Waals surface area contributed by atoms with Crippen molar-refractivity contribution in [3.8, 4) is 0 Å². The maximum atomic E-state index is 5.66. The van der Waals surface area contributed by atoms with Gasteiger partial charge in [-0.3, -0.25) is 9.98 Å². The smallest absolute Gasteiger partial charge is 0.191 e. The van der Waals surface area contributed by atoms with Crippen molar-refractivity contribution in [1.29, 1.82) is 0 Å². The van der Waals surface area contributed by atoms with Crippen molar-refractivity contribution >= 4 is 5.96 Å². The van der Waals surface area contributed by atoms with Crippen LogP contribution in [0.1, 0.15) is 42.7 Å². The van der Waals surface area contributed by atoms with Crippen LogP contribution in [0.25, 0.3) is 0 Å². The highest BCUT2D eigenvalue weighted by molar-refractivity contribution is 5.80. The number of hydrogen-bond donors (Lipinski definition) is 2. The van der Waals surface area contributed by atoms with Gasteiger partial charge in [-0.2, -0.15) is 0 Å².